The molecule has 0 bridgehead atoms. The molecule has 2 fully saturated rings. The molecule has 14 heteroatoms. The number of rotatable bonds is 27. The minimum absolute atomic E-state index is 0. The predicted molar refractivity (Wildman–Crippen MR) is 636 cm³/mol. The van der Waals surface area contributed by atoms with Crippen molar-refractivity contribution in [1.29, 1.82) is 0 Å². The van der Waals surface area contributed by atoms with E-state index in [0.717, 1.165) is 91.6 Å². The van der Waals surface area contributed by atoms with Crippen LogP contribution in [0.25, 0.3) is 15.3 Å². The van der Waals surface area contributed by atoms with Gasteiger partial charge in [0.15, 0.2) is 0 Å². The Labute approximate surface area is 931 Å². The average molecular weight is 2160 g/mol. The molecule has 0 amide bonds. The summed E-state index contributed by atoms with van der Waals surface area (Å²) in [6.07, 6.45) is 10.6. The van der Waals surface area contributed by atoms with E-state index in [1.165, 1.54) is 113 Å². The molecular formula is C131H164N6O2P4Y2. The van der Waals surface area contributed by atoms with Crippen LogP contribution in [0.5, 0.6) is 0 Å². The van der Waals surface area contributed by atoms with Gasteiger partial charge in [0, 0.05) is 53.0 Å². The van der Waals surface area contributed by atoms with E-state index >= 15 is 0 Å². The number of hydrogen-bond donors (Lipinski definition) is 0. The first-order valence-corrected chi connectivity index (χ1v) is 59.1. The zero-order valence-corrected chi connectivity index (χ0v) is 99.9. The van der Waals surface area contributed by atoms with E-state index in [1.54, 1.807) is 0 Å². The fourth-order valence-corrected chi connectivity index (χ4v) is 32.9. The first-order valence-electron chi connectivity index (χ1n) is 52.3. The molecule has 0 N–H and O–H groups in total. The van der Waals surface area contributed by atoms with E-state index in [2.05, 4.69) is 485 Å². The molecule has 2 heterocycles. The molecule has 8 nitrogen and oxygen atoms in total. The number of unbranched alkanes of at least 4 members (excludes halogenated alkanes) is 3. The van der Waals surface area contributed by atoms with Gasteiger partial charge in [-0.05, 0) is 171 Å². The topological polar surface area (TPSA) is 99.6 Å². The fourth-order valence-electron chi connectivity index (χ4n) is 17.1. The molecule has 0 radical (unpaired) electrons. The van der Waals surface area contributed by atoms with Crippen molar-refractivity contribution in [3.8, 4) is 0 Å². The molecular weight excluding hydrogens is 1990 g/mol. The number of nitrogens with zero attached hydrogens (tertiary/aromatic N) is 6. The van der Waals surface area contributed by atoms with Crippen LogP contribution in [-0.4, -0.2) is 26.4 Å². The van der Waals surface area contributed by atoms with Gasteiger partial charge in [0.1, 0.15) is 7.21 Å². The van der Waals surface area contributed by atoms with Gasteiger partial charge >= 0.3 is 65.4 Å². The monoisotopic (exact) mass is 2150 g/mol. The molecule has 17 rings (SSSR count). The molecule has 15 aromatic carbocycles. The van der Waals surface area contributed by atoms with Crippen molar-refractivity contribution in [1.82, 2.24) is 4.17 Å². The third kappa shape index (κ3) is 35.3. The summed E-state index contributed by atoms with van der Waals surface area (Å²) in [7, 11) is -12.1. The molecule has 145 heavy (non-hydrogen) atoms. The molecule has 0 aliphatic carbocycles. The van der Waals surface area contributed by atoms with Crippen LogP contribution in [0.15, 0.2) is 410 Å². The maximum absolute atomic E-state index is 6.50. The van der Waals surface area contributed by atoms with E-state index in [9.17, 15) is 0 Å². The van der Waals surface area contributed by atoms with Crippen molar-refractivity contribution in [2.75, 3.05) is 26.4 Å². The Morgan fingerprint density at radius 2 is 0.503 bits per heavy atom. The zero-order valence-electron chi connectivity index (χ0n) is 93.7. The third-order valence-electron chi connectivity index (χ3n) is 25.1. The second-order valence-corrected chi connectivity index (χ2v) is 50.4. The van der Waals surface area contributed by atoms with E-state index in [0.29, 0.717) is 0 Å². The first-order chi connectivity index (χ1) is 69.2. The van der Waals surface area contributed by atoms with Gasteiger partial charge in [0.05, 0.1) is 5.69 Å². The minimum Gasteiger partial charge on any atom is -1.00 e. The average Bonchev–Trinajstić information content (AvgIpc) is 0.737. The minimum atomic E-state index is -3.07. The van der Waals surface area contributed by atoms with Gasteiger partial charge in [0.2, 0.25) is 14.4 Å². The van der Waals surface area contributed by atoms with Crippen LogP contribution in [0.4, 0.5) is 22.7 Å². The van der Waals surface area contributed by atoms with Gasteiger partial charge in [-0.2, -0.15) is 34.5 Å². The molecule has 2 aliphatic heterocycles. The van der Waals surface area contributed by atoms with Crippen molar-refractivity contribution < 1.29 is 79.2 Å². The van der Waals surface area contributed by atoms with Crippen molar-refractivity contribution in [3.63, 3.8) is 0 Å². The molecule has 0 unspecified atom stereocenters. The predicted octanol–water partition coefficient (Wildman–Crippen LogP) is 37.8. The molecule has 2 saturated heterocycles. The summed E-state index contributed by atoms with van der Waals surface area (Å²) in [5.41, 5.74) is 18.1. The standard InChI is InChI=1S/C48H54N3P2.C48H53N3P2.3C7H8.C6H14.2C4H8O.2Y.3H/c2*1-35(2)43-31-21-32-44(36(3)4)47(43)49-52(39-23-13-9-14-24-39,40-25-15-10-16-26-40)51-53(41-27-17-11-18-28-41,42-29-19-12-20-30-42)50-48-45(37(5)6)33-22-34-46(48)38(7)8;3*1-7-5-3-2-4-6-7;1-3-5-6-4-2;2*1-2-4-5-3-1;;;;;/h9-38H,1-8H3;9-29,31-38H,1-8H3;3*2-6H,1H3;3-6H2,1-2H3;2*1-4H2;;;;;/q-1;-2;;;;;;;2*+3;3*-1/t;53-;;;;;;;;;;;/m.1.........../s1. The number of benzene rings is 15. The number of ether oxygens (including phenoxy) is 2. The Balaban J connectivity index is 0.000000374. The molecule has 1 atom stereocenters. The summed E-state index contributed by atoms with van der Waals surface area (Å²) in [5, 5.41) is 27.3. The van der Waals surface area contributed by atoms with Crippen LogP contribution in [0.2, 0.25) is 0 Å². The fraction of sp³-hybridized carbons (Fsp3) is 0.313. The summed E-state index contributed by atoms with van der Waals surface area (Å²) >= 11 is 0. The third-order valence-corrected chi connectivity index (χ3v) is 39.3. The second kappa shape index (κ2) is 63.6. The number of hydrogen-bond acceptors (Lipinski definition) is 3. The van der Waals surface area contributed by atoms with Crippen molar-refractivity contribution in [3.05, 3.63) is 483 Å². The van der Waals surface area contributed by atoms with Gasteiger partial charge in [-0.1, -0.05) is 533 Å². The summed E-state index contributed by atoms with van der Waals surface area (Å²) in [6.45, 7) is 51.1. The van der Waals surface area contributed by atoms with Gasteiger partial charge < -0.3 is 29.0 Å². The first kappa shape index (κ1) is 121. The summed E-state index contributed by atoms with van der Waals surface area (Å²) in [5.74, 6) is 2.19. The smallest absolute Gasteiger partial charge is 1.00 e. The summed E-state index contributed by atoms with van der Waals surface area (Å²) in [4.78, 5) is 0. The van der Waals surface area contributed by atoms with E-state index in [-0.39, 0.29) is 117 Å². The Morgan fingerprint density at radius 3 is 0.717 bits per heavy atom. The Hall–Kier alpha value is -9.14. The Bertz CT molecular complexity index is 5910. The van der Waals surface area contributed by atoms with E-state index in [1.807, 2.05) is 66.7 Å². The van der Waals surface area contributed by atoms with E-state index < -0.39 is 28.8 Å². The normalized spacial score (nSPS) is 12.4. The molecule has 2 aliphatic rings. The van der Waals surface area contributed by atoms with Crippen LogP contribution in [0.1, 0.15) is 289 Å². The van der Waals surface area contributed by atoms with E-state index in [4.69, 9.17) is 38.2 Å². The van der Waals surface area contributed by atoms with Gasteiger partial charge in [0.25, 0.3) is 0 Å². The molecule has 15 aromatic rings. The SMILES string of the molecule is C1CCOC1.C1CCOC1.CC(C)c1cccc(C(C)C)c1N=[P@](N=P([N-]c1c(C(C)C)cccc1C(C)C)(c1ccccc1)c1ccccc1)(c1[c-]cccc1)c1ccccc1.CC(C)c1cccc(C(C)C)c1[N-]P(=[N+]=P([N-]c1c(C(C)C)cccc1C(C)C)(c1ccccc1)c1ccccc1)(c1ccccc1)c1ccccc1.CCCCCC.Cc1ccccc1.Cc1ccccc1.Cc1ccccc1.[H-].[H-].[H-].[Y+3].[Y+3]. The van der Waals surface area contributed by atoms with Crippen molar-refractivity contribution >= 4 is 94.0 Å². The summed E-state index contributed by atoms with van der Waals surface area (Å²) in [6, 6.07) is 146. The van der Waals surface area contributed by atoms with Gasteiger partial charge in [-0.3, -0.25) is 4.52 Å². The second-order valence-electron chi connectivity index (χ2n) is 39.3. The Morgan fingerprint density at radius 1 is 0.276 bits per heavy atom. The largest absolute Gasteiger partial charge is 3.00 e. The Kier molecular flexibility index (Phi) is 53.1. The van der Waals surface area contributed by atoms with Gasteiger partial charge in [-0.25, -0.2) is 4.74 Å². The quantitative estimate of drug-likeness (QED) is 0.0222. The van der Waals surface area contributed by atoms with Gasteiger partial charge in [-0.15, -0.1) is 17.1 Å². The van der Waals surface area contributed by atoms with Crippen molar-refractivity contribution in [2.24, 2.45) is 9.26 Å². The van der Waals surface area contributed by atoms with Crippen LogP contribution in [-0.2, 0) is 74.9 Å². The van der Waals surface area contributed by atoms with Crippen LogP contribution in [0.3, 0.4) is 0 Å². The maximum Gasteiger partial charge on any atom is 3.00 e. The van der Waals surface area contributed by atoms with Crippen LogP contribution in [0, 0.1) is 26.8 Å². The van der Waals surface area contributed by atoms with Crippen LogP contribution < -0.4 is 46.6 Å². The molecule has 0 spiro atoms. The maximum atomic E-state index is 6.50. The zero-order chi connectivity index (χ0) is 102. The summed E-state index contributed by atoms with van der Waals surface area (Å²) < 4.78 is 29.0. The number of aryl methyl sites for hydroxylation is 3. The molecule has 0 saturated carbocycles. The van der Waals surface area contributed by atoms with Crippen LogP contribution >= 0.6 is 28.8 Å². The van der Waals surface area contributed by atoms with Crippen molar-refractivity contribution in [2.45, 2.75) is 244 Å². The molecule has 0 aromatic heterocycles. The molecule has 756 valence electrons.